The standard InChI is InChI=1S/C23H21Cl2F3N2O4/c1-12(29-20(32)22(9-4-10-22)30-21(33)23(25,27)28)14-8-7-13(11-17(14)26)15-5-3-6-16(24)18(15)19(31)34-2/h3,5-8,11-12H,4,9-10H2,1-2H3,(H,29,32)(H,30,33)/t12-/m1/s1. The summed E-state index contributed by atoms with van der Waals surface area (Å²) in [6.07, 6.45) is 0.842. The number of hydrogen-bond donors (Lipinski definition) is 2. The molecule has 1 saturated carbocycles. The Kier molecular flexibility index (Phi) is 7.47. The van der Waals surface area contributed by atoms with Gasteiger partial charge in [-0.15, -0.1) is 0 Å². The van der Waals surface area contributed by atoms with Gasteiger partial charge < -0.3 is 15.4 Å². The van der Waals surface area contributed by atoms with Crippen molar-refractivity contribution >= 4 is 41.0 Å². The second-order valence-corrected chi connectivity index (χ2v) is 8.85. The summed E-state index contributed by atoms with van der Waals surface area (Å²) in [6.45, 7) is 1.51. The van der Waals surface area contributed by atoms with Gasteiger partial charge in [0.05, 0.1) is 23.7 Å². The van der Waals surface area contributed by atoms with Crippen LogP contribution in [0.5, 0.6) is 0 Å². The molecule has 1 atom stereocenters. The number of carbonyl (C=O) groups excluding carboxylic acids is 3. The molecule has 2 N–H and O–H groups in total. The van der Waals surface area contributed by atoms with E-state index in [9.17, 15) is 23.2 Å². The summed E-state index contributed by atoms with van der Waals surface area (Å²) in [5, 5.41) is 0.574. The van der Waals surface area contributed by atoms with Gasteiger partial charge in [0.25, 0.3) is 0 Å². The molecule has 34 heavy (non-hydrogen) atoms. The van der Waals surface area contributed by atoms with Crippen LogP contribution in [0.2, 0.25) is 5.02 Å². The molecule has 2 aromatic rings. The number of carbonyl (C=O) groups is 3. The summed E-state index contributed by atoms with van der Waals surface area (Å²) < 4.78 is 46.0. The van der Waals surface area contributed by atoms with E-state index in [0.717, 1.165) is 0 Å². The first-order chi connectivity index (χ1) is 15.9. The lowest BCUT2D eigenvalue weighted by Crippen LogP contribution is -2.64. The number of rotatable bonds is 7. The third-order valence-electron chi connectivity index (χ3n) is 5.78. The number of alkyl halides is 3. The summed E-state index contributed by atoms with van der Waals surface area (Å²) in [4.78, 5) is 36.5. The molecule has 1 fully saturated rings. The number of methoxy groups -OCH3 is 1. The average Bonchev–Trinajstić information content (AvgIpc) is 2.74. The molecule has 6 nitrogen and oxygen atoms in total. The fourth-order valence-electron chi connectivity index (χ4n) is 3.76. The van der Waals surface area contributed by atoms with Gasteiger partial charge in [0.1, 0.15) is 11.4 Å². The van der Waals surface area contributed by atoms with Crippen molar-refractivity contribution in [2.75, 3.05) is 7.11 Å². The van der Waals surface area contributed by atoms with Crippen molar-refractivity contribution in [1.82, 2.24) is 10.6 Å². The van der Waals surface area contributed by atoms with Crippen LogP contribution in [0.3, 0.4) is 0 Å². The van der Waals surface area contributed by atoms with Gasteiger partial charge in [0.2, 0.25) is 5.91 Å². The van der Waals surface area contributed by atoms with Crippen LogP contribution in [0.4, 0.5) is 13.2 Å². The first-order valence-corrected chi connectivity index (χ1v) is 11.0. The molecule has 0 aromatic heterocycles. The van der Waals surface area contributed by atoms with E-state index in [2.05, 4.69) is 5.32 Å². The van der Waals surface area contributed by atoms with Crippen molar-refractivity contribution < 1.29 is 32.3 Å². The van der Waals surface area contributed by atoms with Crippen molar-refractivity contribution in [3.8, 4) is 11.1 Å². The zero-order valence-electron chi connectivity index (χ0n) is 18.2. The summed E-state index contributed by atoms with van der Waals surface area (Å²) in [5.41, 5.74) is -0.619. The van der Waals surface area contributed by atoms with E-state index in [1.807, 2.05) is 5.32 Å². The molecular formula is C23H21Cl2F3N2O4. The zero-order chi connectivity index (χ0) is 25.3. The minimum atomic E-state index is -4.15. The molecule has 0 bridgehead atoms. The van der Waals surface area contributed by atoms with Crippen molar-refractivity contribution in [1.29, 1.82) is 0 Å². The van der Waals surface area contributed by atoms with E-state index in [-0.39, 0.29) is 29.0 Å². The lowest BCUT2D eigenvalue weighted by molar-refractivity contribution is -0.145. The van der Waals surface area contributed by atoms with Crippen LogP contribution >= 0.6 is 23.2 Å². The van der Waals surface area contributed by atoms with E-state index < -0.39 is 40.6 Å². The highest BCUT2D eigenvalue weighted by molar-refractivity contribution is 6.34. The number of halogens is 5. The van der Waals surface area contributed by atoms with Gasteiger partial charge in [-0.3, -0.25) is 9.59 Å². The second-order valence-electron chi connectivity index (χ2n) is 7.97. The Labute approximate surface area is 203 Å². The van der Waals surface area contributed by atoms with Crippen LogP contribution in [-0.4, -0.2) is 35.8 Å². The van der Waals surface area contributed by atoms with E-state index in [1.165, 1.54) is 32.2 Å². The minimum absolute atomic E-state index is 0.0823. The SMILES string of the molecule is COC(=O)c1c(Cl)cccc1-c1ccc([C@@H](C)NC(=O)C2(NC(=O)C(F)(F)Cl)CCC2)c(F)c1. The van der Waals surface area contributed by atoms with Gasteiger partial charge in [0, 0.05) is 5.56 Å². The molecule has 0 spiro atoms. The Hall–Kier alpha value is -2.78. The van der Waals surface area contributed by atoms with E-state index in [1.54, 1.807) is 18.2 Å². The van der Waals surface area contributed by atoms with Crippen LogP contribution in [0.1, 0.15) is 48.1 Å². The topological polar surface area (TPSA) is 84.5 Å². The summed E-state index contributed by atoms with van der Waals surface area (Å²) in [5.74, 6) is -3.84. The van der Waals surface area contributed by atoms with Crippen molar-refractivity contribution in [2.24, 2.45) is 0 Å². The van der Waals surface area contributed by atoms with Crippen LogP contribution < -0.4 is 10.6 Å². The van der Waals surface area contributed by atoms with Gasteiger partial charge >= 0.3 is 17.3 Å². The molecule has 0 radical (unpaired) electrons. The second kappa shape index (κ2) is 9.84. The number of nitrogens with one attached hydrogen (secondary N) is 2. The molecule has 0 unspecified atom stereocenters. The minimum Gasteiger partial charge on any atom is -0.465 e. The molecule has 0 saturated heterocycles. The number of ether oxygens (including phenoxy) is 1. The number of benzene rings is 2. The van der Waals surface area contributed by atoms with Crippen LogP contribution in [0.15, 0.2) is 36.4 Å². The molecule has 0 heterocycles. The maximum Gasteiger partial charge on any atom is 0.399 e. The molecule has 1 aliphatic carbocycles. The predicted octanol–water partition coefficient (Wildman–Crippen LogP) is 4.98. The first-order valence-electron chi connectivity index (χ1n) is 10.3. The highest BCUT2D eigenvalue weighted by Gasteiger charge is 2.50. The monoisotopic (exact) mass is 516 g/mol. The zero-order valence-corrected chi connectivity index (χ0v) is 19.7. The first kappa shape index (κ1) is 25.8. The normalized spacial score (nSPS) is 15.6. The lowest BCUT2D eigenvalue weighted by Gasteiger charge is -2.41. The third-order valence-corrected chi connectivity index (χ3v) is 6.27. The summed E-state index contributed by atoms with van der Waals surface area (Å²) in [7, 11) is 1.20. The van der Waals surface area contributed by atoms with Crippen LogP contribution in [-0.2, 0) is 14.3 Å². The Morgan fingerprint density at radius 2 is 1.85 bits per heavy atom. The van der Waals surface area contributed by atoms with Crippen molar-refractivity contribution in [3.63, 3.8) is 0 Å². The number of amides is 2. The Balaban J connectivity index is 1.82. The van der Waals surface area contributed by atoms with E-state index in [0.29, 0.717) is 17.5 Å². The molecule has 11 heteroatoms. The Morgan fingerprint density at radius 1 is 1.18 bits per heavy atom. The Bertz CT molecular complexity index is 1130. The van der Waals surface area contributed by atoms with Gasteiger partial charge in [-0.1, -0.05) is 35.9 Å². The lowest BCUT2D eigenvalue weighted by atomic mass is 9.75. The van der Waals surface area contributed by atoms with Gasteiger partial charge in [0.15, 0.2) is 0 Å². The highest BCUT2D eigenvalue weighted by atomic mass is 35.5. The fraction of sp³-hybridized carbons (Fsp3) is 0.348. The van der Waals surface area contributed by atoms with Crippen LogP contribution in [0.25, 0.3) is 11.1 Å². The maximum absolute atomic E-state index is 15.0. The van der Waals surface area contributed by atoms with E-state index >= 15 is 4.39 Å². The molecular weight excluding hydrogens is 496 g/mol. The molecule has 0 aliphatic heterocycles. The van der Waals surface area contributed by atoms with E-state index in [4.69, 9.17) is 27.9 Å². The third kappa shape index (κ3) is 5.15. The summed E-state index contributed by atoms with van der Waals surface area (Å²) in [6, 6.07) is 8.01. The molecule has 3 rings (SSSR count). The number of hydrogen-bond acceptors (Lipinski definition) is 4. The van der Waals surface area contributed by atoms with Gasteiger partial charge in [-0.25, -0.2) is 9.18 Å². The predicted molar refractivity (Wildman–Crippen MR) is 120 cm³/mol. The smallest absolute Gasteiger partial charge is 0.399 e. The fourth-order valence-corrected chi connectivity index (χ4v) is 4.06. The van der Waals surface area contributed by atoms with Gasteiger partial charge in [-0.05, 0) is 61.0 Å². The van der Waals surface area contributed by atoms with Crippen molar-refractivity contribution in [3.05, 3.63) is 58.4 Å². The average molecular weight is 517 g/mol. The summed E-state index contributed by atoms with van der Waals surface area (Å²) >= 11 is 10.9. The van der Waals surface area contributed by atoms with Gasteiger partial charge in [-0.2, -0.15) is 8.78 Å². The largest absolute Gasteiger partial charge is 0.465 e. The molecule has 2 amide bonds. The highest BCUT2D eigenvalue weighted by Crippen LogP contribution is 2.35. The molecule has 182 valence electrons. The number of esters is 1. The quantitative estimate of drug-likeness (QED) is 0.401. The van der Waals surface area contributed by atoms with Crippen molar-refractivity contribution in [2.45, 2.75) is 43.1 Å². The Morgan fingerprint density at radius 3 is 2.38 bits per heavy atom. The van der Waals surface area contributed by atoms with Crippen LogP contribution in [0, 0.1) is 5.82 Å². The maximum atomic E-state index is 15.0. The molecule has 1 aliphatic rings. The molecule has 2 aromatic carbocycles.